The standard InChI is InChI=1S/C19H22N2O3/c1-14(19(23)21-9-11-24-12-10-21)20-18(22)13-16-7-4-6-15-5-2-3-8-17(15)16/h2-8,14H,9-13H2,1H3,(H,20,22)/t14-/m0/s1. The minimum Gasteiger partial charge on any atom is -0.378 e. The van der Waals surface area contributed by atoms with Gasteiger partial charge in [-0.1, -0.05) is 42.5 Å². The van der Waals surface area contributed by atoms with E-state index in [9.17, 15) is 9.59 Å². The first kappa shape index (κ1) is 16.5. The highest BCUT2D eigenvalue weighted by molar-refractivity contribution is 5.92. The number of morpholine rings is 1. The molecule has 5 nitrogen and oxygen atoms in total. The van der Waals surface area contributed by atoms with Crippen LogP contribution in [0.3, 0.4) is 0 Å². The van der Waals surface area contributed by atoms with Gasteiger partial charge in [-0.15, -0.1) is 0 Å². The molecule has 3 rings (SSSR count). The molecule has 0 aliphatic carbocycles. The van der Waals surface area contributed by atoms with Crippen LogP contribution in [-0.2, 0) is 20.7 Å². The van der Waals surface area contributed by atoms with Gasteiger partial charge >= 0.3 is 0 Å². The van der Waals surface area contributed by atoms with E-state index in [1.54, 1.807) is 11.8 Å². The van der Waals surface area contributed by atoms with Crippen molar-refractivity contribution in [3.05, 3.63) is 48.0 Å². The Morgan fingerprint density at radius 1 is 1.12 bits per heavy atom. The number of amides is 2. The van der Waals surface area contributed by atoms with Gasteiger partial charge in [0.25, 0.3) is 0 Å². The maximum absolute atomic E-state index is 12.4. The molecule has 2 aromatic carbocycles. The summed E-state index contributed by atoms with van der Waals surface area (Å²) < 4.78 is 5.25. The molecule has 5 heteroatoms. The molecule has 2 amide bonds. The summed E-state index contributed by atoms with van der Waals surface area (Å²) in [7, 11) is 0. The van der Waals surface area contributed by atoms with E-state index in [-0.39, 0.29) is 18.2 Å². The monoisotopic (exact) mass is 326 g/mol. The Kier molecular flexibility index (Phi) is 5.11. The normalized spacial score (nSPS) is 16.0. The quantitative estimate of drug-likeness (QED) is 0.931. The highest BCUT2D eigenvalue weighted by atomic mass is 16.5. The molecule has 1 heterocycles. The van der Waals surface area contributed by atoms with Gasteiger partial charge < -0.3 is 15.0 Å². The van der Waals surface area contributed by atoms with Crippen LogP contribution in [0.25, 0.3) is 10.8 Å². The molecule has 0 aromatic heterocycles. The Morgan fingerprint density at radius 2 is 1.83 bits per heavy atom. The molecule has 126 valence electrons. The minimum atomic E-state index is -0.523. The van der Waals surface area contributed by atoms with Crippen molar-refractivity contribution in [3.8, 4) is 0 Å². The van der Waals surface area contributed by atoms with Crippen LogP contribution >= 0.6 is 0 Å². The Balaban J connectivity index is 1.63. The van der Waals surface area contributed by atoms with Crippen LogP contribution in [0.2, 0.25) is 0 Å². The number of carbonyl (C=O) groups is 2. The number of nitrogens with zero attached hydrogens (tertiary/aromatic N) is 1. The average Bonchev–Trinajstić information content (AvgIpc) is 2.62. The van der Waals surface area contributed by atoms with Crippen LogP contribution in [0.5, 0.6) is 0 Å². The van der Waals surface area contributed by atoms with E-state index in [0.717, 1.165) is 16.3 Å². The van der Waals surface area contributed by atoms with E-state index in [1.807, 2.05) is 42.5 Å². The molecular weight excluding hydrogens is 304 g/mol. The van der Waals surface area contributed by atoms with E-state index in [1.165, 1.54) is 0 Å². The molecule has 0 radical (unpaired) electrons. The summed E-state index contributed by atoms with van der Waals surface area (Å²) in [6, 6.07) is 13.4. The molecule has 1 saturated heterocycles. The van der Waals surface area contributed by atoms with Gasteiger partial charge in [-0.3, -0.25) is 9.59 Å². The fourth-order valence-corrected chi connectivity index (χ4v) is 3.03. The first-order valence-corrected chi connectivity index (χ1v) is 8.27. The number of rotatable bonds is 4. The maximum atomic E-state index is 12.4. The lowest BCUT2D eigenvalue weighted by atomic mass is 10.0. The fraction of sp³-hybridized carbons (Fsp3) is 0.368. The number of hydrogen-bond donors (Lipinski definition) is 1. The van der Waals surface area contributed by atoms with Crippen LogP contribution < -0.4 is 5.32 Å². The molecular formula is C19H22N2O3. The Morgan fingerprint density at radius 3 is 2.62 bits per heavy atom. The third-order valence-electron chi connectivity index (χ3n) is 4.30. The van der Waals surface area contributed by atoms with Crippen molar-refractivity contribution in [1.29, 1.82) is 0 Å². The van der Waals surface area contributed by atoms with Gasteiger partial charge in [0.15, 0.2) is 0 Å². The smallest absolute Gasteiger partial charge is 0.245 e. The number of nitrogens with one attached hydrogen (secondary N) is 1. The number of benzene rings is 2. The van der Waals surface area contributed by atoms with Crippen molar-refractivity contribution in [3.63, 3.8) is 0 Å². The van der Waals surface area contributed by atoms with Gasteiger partial charge in [-0.25, -0.2) is 0 Å². The first-order chi connectivity index (χ1) is 11.6. The lowest BCUT2D eigenvalue weighted by Crippen LogP contribution is -2.50. The molecule has 1 atom stereocenters. The molecule has 0 bridgehead atoms. The van der Waals surface area contributed by atoms with Gasteiger partial charge in [0, 0.05) is 13.1 Å². The van der Waals surface area contributed by atoms with Crippen LogP contribution in [0.1, 0.15) is 12.5 Å². The lowest BCUT2D eigenvalue weighted by Gasteiger charge is -2.29. The molecule has 0 unspecified atom stereocenters. The largest absolute Gasteiger partial charge is 0.378 e. The third kappa shape index (κ3) is 3.74. The summed E-state index contributed by atoms with van der Waals surface area (Å²) >= 11 is 0. The van der Waals surface area contributed by atoms with Gasteiger partial charge in [0.2, 0.25) is 11.8 Å². The van der Waals surface area contributed by atoms with Crippen molar-refractivity contribution in [1.82, 2.24) is 10.2 Å². The second-order valence-electron chi connectivity index (χ2n) is 6.04. The summed E-state index contributed by atoms with van der Waals surface area (Å²) in [6.45, 7) is 4.02. The van der Waals surface area contributed by atoms with Gasteiger partial charge in [-0.05, 0) is 23.3 Å². The SMILES string of the molecule is C[C@H](NC(=O)Cc1cccc2ccccc12)C(=O)N1CCOCC1. The number of fused-ring (bicyclic) bond motifs is 1. The molecule has 0 spiro atoms. The van der Waals surface area contributed by atoms with Crippen molar-refractivity contribution < 1.29 is 14.3 Å². The first-order valence-electron chi connectivity index (χ1n) is 8.27. The highest BCUT2D eigenvalue weighted by Crippen LogP contribution is 2.18. The molecule has 24 heavy (non-hydrogen) atoms. The predicted octanol–water partition coefficient (Wildman–Crippen LogP) is 1.75. The third-order valence-corrected chi connectivity index (χ3v) is 4.30. The molecule has 0 saturated carbocycles. The molecule has 1 fully saturated rings. The van der Waals surface area contributed by atoms with Gasteiger partial charge in [0.05, 0.1) is 19.6 Å². The molecule has 2 aromatic rings. The topological polar surface area (TPSA) is 58.6 Å². The van der Waals surface area contributed by atoms with Crippen LogP contribution in [0.4, 0.5) is 0 Å². The number of hydrogen-bond acceptors (Lipinski definition) is 3. The van der Waals surface area contributed by atoms with Crippen molar-refractivity contribution in [2.24, 2.45) is 0 Å². The lowest BCUT2D eigenvalue weighted by molar-refractivity contribution is -0.139. The Hall–Kier alpha value is -2.40. The van der Waals surface area contributed by atoms with Crippen molar-refractivity contribution >= 4 is 22.6 Å². The van der Waals surface area contributed by atoms with Gasteiger partial charge in [-0.2, -0.15) is 0 Å². The van der Waals surface area contributed by atoms with Crippen LogP contribution in [0, 0.1) is 0 Å². The van der Waals surface area contributed by atoms with Crippen molar-refractivity contribution in [2.45, 2.75) is 19.4 Å². The molecule has 1 aliphatic heterocycles. The zero-order valence-corrected chi connectivity index (χ0v) is 13.8. The summed E-state index contributed by atoms with van der Waals surface area (Å²) in [4.78, 5) is 26.4. The predicted molar refractivity (Wildman–Crippen MR) is 92.7 cm³/mol. The zero-order chi connectivity index (χ0) is 16.9. The van der Waals surface area contributed by atoms with E-state index in [2.05, 4.69) is 5.32 Å². The van der Waals surface area contributed by atoms with Gasteiger partial charge in [0.1, 0.15) is 6.04 Å². The second-order valence-corrected chi connectivity index (χ2v) is 6.04. The zero-order valence-electron chi connectivity index (χ0n) is 13.8. The number of carbonyl (C=O) groups excluding carboxylic acids is 2. The van der Waals surface area contributed by atoms with Crippen LogP contribution in [-0.4, -0.2) is 49.1 Å². The van der Waals surface area contributed by atoms with E-state index in [0.29, 0.717) is 26.3 Å². The van der Waals surface area contributed by atoms with E-state index in [4.69, 9.17) is 4.74 Å². The van der Waals surface area contributed by atoms with E-state index < -0.39 is 6.04 Å². The minimum absolute atomic E-state index is 0.0513. The summed E-state index contributed by atoms with van der Waals surface area (Å²) in [5.74, 6) is -0.190. The Labute approximate surface area is 141 Å². The summed E-state index contributed by atoms with van der Waals surface area (Å²) in [5.41, 5.74) is 0.969. The summed E-state index contributed by atoms with van der Waals surface area (Å²) in [6.07, 6.45) is 0.266. The van der Waals surface area contributed by atoms with E-state index >= 15 is 0 Å². The molecule has 1 aliphatic rings. The maximum Gasteiger partial charge on any atom is 0.245 e. The fourth-order valence-electron chi connectivity index (χ4n) is 3.03. The second kappa shape index (κ2) is 7.45. The summed E-state index contributed by atoms with van der Waals surface area (Å²) in [5, 5.41) is 5.00. The van der Waals surface area contributed by atoms with Crippen LogP contribution in [0.15, 0.2) is 42.5 Å². The number of ether oxygens (including phenoxy) is 1. The molecule has 1 N–H and O–H groups in total. The highest BCUT2D eigenvalue weighted by Gasteiger charge is 2.23. The average molecular weight is 326 g/mol. The van der Waals surface area contributed by atoms with Crippen molar-refractivity contribution in [2.75, 3.05) is 26.3 Å². The Bertz CT molecular complexity index is 733.